The lowest BCUT2D eigenvalue weighted by atomic mass is 9.91. The summed E-state index contributed by atoms with van der Waals surface area (Å²) >= 11 is 0. The van der Waals surface area contributed by atoms with Gasteiger partial charge in [0.1, 0.15) is 17.1 Å². The second-order valence-electron chi connectivity index (χ2n) is 7.97. The third-order valence-corrected chi connectivity index (χ3v) is 6.31. The average molecular weight is 401 g/mol. The van der Waals surface area contributed by atoms with Crippen molar-refractivity contribution in [2.24, 2.45) is 5.92 Å². The summed E-state index contributed by atoms with van der Waals surface area (Å²) in [6.07, 6.45) is 2.12. The van der Waals surface area contributed by atoms with Gasteiger partial charge in [0.2, 0.25) is 0 Å². The van der Waals surface area contributed by atoms with E-state index >= 15 is 4.39 Å². The molecule has 2 fully saturated rings. The minimum absolute atomic E-state index is 0.0452. The van der Waals surface area contributed by atoms with Gasteiger partial charge in [0, 0.05) is 18.6 Å². The molecule has 1 aromatic carbocycles. The fourth-order valence-corrected chi connectivity index (χ4v) is 4.73. The smallest absolute Gasteiger partial charge is 0.438 e. The zero-order valence-corrected chi connectivity index (χ0v) is 15.8. The summed E-state index contributed by atoms with van der Waals surface area (Å²) in [7, 11) is 0. The molecule has 2 aromatic heterocycles. The second-order valence-corrected chi connectivity index (χ2v) is 7.97. The number of aromatic nitrogens is 3. The molecule has 29 heavy (non-hydrogen) atoms. The summed E-state index contributed by atoms with van der Waals surface area (Å²) < 4.78 is 26.9. The van der Waals surface area contributed by atoms with E-state index in [2.05, 4.69) is 14.7 Å². The number of hydrogen-bond acceptors (Lipinski definition) is 5. The first-order valence-electron chi connectivity index (χ1n) is 9.64. The first-order chi connectivity index (χ1) is 13.9. The molecule has 8 nitrogen and oxygen atoms in total. The lowest BCUT2D eigenvalue weighted by Gasteiger charge is -2.23. The minimum atomic E-state index is -1.17. The van der Waals surface area contributed by atoms with Crippen molar-refractivity contribution in [2.75, 3.05) is 13.2 Å². The number of benzene rings is 1. The molecule has 3 aromatic rings. The molecule has 3 heterocycles. The first kappa shape index (κ1) is 18.1. The summed E-state index contributed by atoms with van der Waals surface area (Å²) in [5.41, 5.74) is 0.0469. The lowest BCUT2D eigenvalue weighted by Crippen LogP contribution is -2.27. The van der Waals surface area contributed by atoms with Crippen LogP contribution >= 0.6 is 0 Å². The predicted octanol–water partition coefficient (Wildman–Crippen LogP) is 2.83. The first-order valence-corrected chi connectivity index (χ1v) is 9.64. The number of aromatic carboxylic acids is 1. The van der Waals surface area contributed by atoms with E-state index in [-0.39, 0.29) is 28.9 Å². The van der Waals surface area contributed by atoms with Gasteiger partial charge in [-0.3, -0.25) is 9.51 Å². The SMILES string of the molecule is C[C@H]1C[C@]1(c1noc(=O)[nH]1)n1c(C(=O)O)cc2cc(C3CCOCC3)cc(F)c21. The second kappa shape index (κ2) is 6.28. The van der Waals surface area contributed by atoms with E-state index in [9.17, 15) is 14.7 Å². The number of carboxylic acids is 1. The van der Waals surface area contributed by atoms with Crippen LogP contribution < -0.4 is 5.76 Å². The van der Waals surface area contributed by atoms with Crippen molar-refractivity contribution in [3.8, 4) is 0 Å². The van der Waals surface area contributed by atoms with Crippen molar-refractivity contribution in [3.05, 3.63) is 51.6 Å². The fourth-order valence-electron chi connectivity index (χ4n) is 4.73. The summed E-state index contributed by atoms with van der Waals surface area (Å²) in [4.78, 5) is 26.1. The number of hydrogen-bond donors (Lipinski definition) is 2. The number of rotatable bonds is 4. The Morgan fingerprint density at radius 3 is 2.66 bits per heavy atom. The Hall–Kier alpha value is -2.94. The molecule has 2 N–H and O–H groups in total. The maximum atomic E-state index is 15.4. The summed E-state index contributed by atoms with van der Waals surface area (Å²) in [5, 5.41) is 14.1. The van der Waals surface area contributed by atoms with Gasteiger partial charge in [-0.15, -0.1) is 0 Å². The van der Waals surface area contributed by atoms with E-state index < -0.39 is 23.1 Å². The van der Waals surface area contributed by atoms with E-state index in [1.54, 1.807) is 0 Å². The molecule has 2 atom stereocenters. The van der Waals surface area contributed by atoms with Gasteiger partial charge in [-0.2, -0.15) is 0 Å². The number of fused-ring (bicyclic) bond motifs is 1. The van der Waals surface area contributed by atoms with Crippen LogP contribution in [-0.2, 0) is 10.3 Å². The highest BCUT2D eigenvalue weighted by atomic mass is 19.1. The van der Waals surface area contributed by atoms with Gasteiger partial charge in [-0.1, -0.05) is 12.1 Å². The van der Waals surface area contributed by atoms with Crippen LogP contribution in [0.2, 0.25) is 0 Å². The maximum absolute atomic E-state index is 15.4. The number of nitrogens with one attached hydrogen (secondary N) is 1. The third-order valence-electron chi connectivity index (χ3n) is 6.31. The number of aromatic amines is 1. The van der Waals surface area contributed by atoms with Crippen LogP contribution in [0.25, 0.3) is 10.9 Å². The normalized spacial score (nSPS) is 24.8. The van der Waals surface area contributed by atoms with Crippen molar-refractivity contribution >= 4 is 16.9 Å². The third kappa shape index (κ3) is 2.64. The van der Waals surface area contributed by atoms with E-state index in [4.69, 9.17) is 4.74 Å². The van der Waals surface area contributed by atoms with Gasteiger partial charge in [0.15, 0.2) is 5.82 Å². The van der Waals surface area contributed by atoms with Gasteiger partial charge in [0.25, 0.3) is 0 Å². The Morgan fingerprint density at radius 1 is 1.34 bits per heavy atom. The van der Waals surface area contributed by atoms with Crippen LogP contribution in [0.4, 0.5) is 4.39 Å². The van der Waals surface area contributed by atoms with E-state index in [1.807, 2.05) is 13.0 Å². The van der Waals surface area contributed by atoms with Crippen molar-refractivity contribution in [2.45, 2.75) is 37.6 Å². The molecule has 1 aliphatic carbocycles. The summed E-state index contributed by atoms with van der Waals surface area (Å²) in [5.74, 6) is -2.04. The van der Waals surface area contributed by atoms with Crippen molar-refractivity contribution in [1.29, 1.82) is 0 Å². The zero-order valence-electron chi connectivity index (χ0n) is 15.8. The average Bonchev–Trinajstić information content (AvgIpc) is 3.05. The van der Waals surface area contributed by atoms with Crippen LogP contribution in [0.1, 0.15) is 54.0 Å². The van der Waals surface area contributed by atoms with Gasteiger partial charge in [-0.25, -0.2) is 14.0 Å². The maximum Gasteiger partial charge on any atom is 0.438 e. The van der Waals surface area contributed by atoms with Crippen molar-refractivity contribution < 1.29 is 23.6 Å². The Bertz CT molecular complexity index is 1170. The molecule has 0 unspecified atom stereocenters. The molecule has 9 heteroatoms. The minimum Gasteiger partial charge on any atom is -0.477 e. The van der Waals surface area contributed by atoms with Crippen LogP contribution in [0, 0.1) is 11.7 Å². The van der Waals surface area contributed by atoms with Crippen LogP contribution in [-0.4, -0.2) is 39.0 Å². The van der Waals surface area contributed by atoms with Gasteiger partial charge < -0.3 is 14.4 Å². The molecule has 5 rings (SSSR count). The largest absolute Gasteiger partial charge is 0.477 e. The lowest BCUT2D eigenvalue weighted by molar-refractivity contribution is 0.0682. The topological polar surface area (TPSA) is 110 Å². The highest BCUT2D eigenvalue weighted by Crippen LogP contribution is 2.56. The molecule has 2 aliphatic rings. The van der Waals surface area contributed by atoms with Gasteiger partial charge in [-0.05, 0) is 54.9 Å². The van der Waals surface area contributed by atoms with Crippen molar-refractivity contribution in [3.63, 3.8) is 0 Å². The van der Waals surface area contributed by atoms with E-state index in [1.165, 1.54) is 16.7 Å². The molecule has 0 radical (unpaired) electrons. The molecule has 0 spiro atoms. The molecule has 1 saturated heterocycles. The van der Waals surface area contributed by atoms with E-state index in [0.717, 1.165) is 18.4 Å². The quantitative estimate of drug-likeness (QED) is 0.696. The van der Waals surface area contributed by atoms with Gasteiger partial charge in [0.05, 0.1) is 5.52 Å². The van der Waals surface area contributed by atoms with Gasteiger partial charge >= 0.3 is 11.7 Å². The Kier molecular flexibility index (Phi) is 3.92. The number of carbonyl (C=O) groups is 1. The highest BCUT2D eigenvalue weighted by molar-refractivity contribution is 5.95. The van der Waals surface area contributed by atoms with Crippen LogP contribution in [0.3, 0.4) is 0 Å². The number of ether oxygens (including phenoxy) is 1. The molecular weight excluding hydrogens is 381 g/mol. The van der Waals surface area contributed by atoms with Crippen LogP contribution in [0.5, 0.6) is 0 Å². The Morgan fingerprint density at radius 2 is 2.07 bits per heavy atom. The summed E-state index contributed by atoms with van der Waals surface area (Å²) in [6, 6.07) is 4.85. The monoisotopic (exact) mass is 401 g/mol. The highest BCUT2D eigenvalue weighted by Gasteiger charge is 2.59. The molecule has 1 aliphatic heterocycles. The summed E-state index contributed by atoms with van der Waals surface area (Å²) in [6.45, 7) is 3.16. The standard InChI is InChI=1S/C20H20FN3O5/c1-10-9-20(10,18-22-19(27)29-23-18)24-15(17(25)26)8-13-6-12(7-14(21)16(13)24)11-2-4-28-5-3-11/h6-8,10-11H,2-5,9H2,1H3,(H,25,26)(H,22,23,27)/t10-,20-/m0/s1. The number of halogens is 1. The number of H-pyrrole nitrogens is 1. The molecule has 0 bridgehead atoms. The number of carboxylic acid groups (broad SMARTS) is 1. The molecule has 0 amide bonds. The number of nitrogens with zero attached hydrogens (tertiary/aromatic N) is 2. The molecule has 152 valence electrons. The predicted molar refractivity (Wildman–Crippen MR) is 99.6 cm³/mol. The molecule has 1 saturated carbocycles. The molecular formula is C20H20FN3O5. The Balaban J connectivity index is 1.73. The zero-order chi connectivity index (χ0) is 20.3. The van der Waals surface area contributed by atoms with Crippen LogP contribution in [0.15, 0.2) is 27.5 Å². The fraction of sp³-hybridized carbons (Fsp3) is 0.450. The Labute approximate surface area is 164 Å². The van der Waals surface area contributed by atoms with E-state index in [0.29, 0.717) is 25.0 Å². The van der Waals surface area contributed by atoms with Crippen molar-refractivity contribution in [1.82, 2.24) is 14.7 Å².